The van der Waals surface area contributed by atoms with Gasteiger partial charge in [0.05, 0.1) is 12.7 Å². The molecular formula is C20H18FN3O3. The Hall–Kier alpha value is -3.22. The van der Waals surface area contributed by atoms with Gasteiger partial charge in [-0.15, -0.1) is 0 Å². The Kier molecular flexibility index (Phi) is 4.58. The van der Waals surface area contributed by atoms with Crippen molar-refractivity contribution in [1.29, 1.82) is 0 Å². The summed E-state index contributed by atoms with van der Waals surface area (Å²) in [5.74, 6) is 0.747. The molecular weight excluding hydrogens is 349 g/mol. The molecule has 138 valence electrons. The molecule has 1 amide bonds. The van der Waals surface area contributed by atoms with Crippen molar-refractivity contribution in [3.05, 3.63) is 65.8 Å². The Balaban J connectivity index is 1.61. The number of halogens is 1. The molecule has 0 radical (unpaired) electrons. The number of carbonyl (C=O) groups excluding carboxylic acids is 1. The zero-order valence-electron chi connectivity index (χ0n) is 14.8. The van der Waals surface area contributed by atoms with Crippen LogP contribution in [-0.4, -0.2) is 34.6 Å². The maximum Gasteiger partial charge on any atom is 0.254 e. The molecule has 0 N–H and O–H groups in total. The van der Waals surface area contributed by atoms with Crippen LogP contribution in [0.1, 0.15) is 35.1 Å². The Morgan fingerprint density at radius 2 is 2.11 bits per heavy atom. The van der Waals surface area contributed by atoms with Gasteiger partial charge in [-0.2, -0.15) is 4.98 Å². The Morgan fingerprint density at radius 3 is 2.93 bits per heavy atom. The fourth-order valence-corrected chi connectivity index (χ4v) is 3.36. The summed E-state index contributed by atoms with van der Waals surface area (Å²) in [6.07, 6.45) is 1.53. The number of benzene rings is 2. The number of para-hydroxylation sites is 1. The fraction of sp³-hybridized carbons (Fsp3) is 0.250. The summed E-state index contributed by atoms with van der Waals surface area (Å²) in [5.41, 5.74) is 1.03. The second kappa shape index (κ2) is 7.19. The number of carbonyl (C=O) groups is 1. The van der Waals surface area contributed by atoms with Crippen LogP contribution in [0.15, 0.2) is 53.1 Å². The second-order valence-corrected chi connectivity index (χ2v) is 6.32. The average molecular weight is 367 g/mol. The maximum atomic E-state index is 13.5. The molecule has 2 heterocycles. The van der Waals surface area contributed by atoms with Crippen LogP contribution in [-0.2, 0) is 0 Å². The van der Waals surface area contributed by atoms with E-state index in [4.69, 9.17) is 9.26 Å². The van der Waals surface area contributed by atoms with E-state index in [1.165, 1.54) is 18.2 Å². The molecule has 1 fully saturated rings. The summed E-state index contributed by atoms with van der Waals surface area (Å²) >= 11 is 0. The van der Waals surface area contributed by atoms with Crippen molar-refractivity contribution in [3.8, 4) is 17.1 Å². The van der Waals surface area contributed by atoms with E-state index in [1.807, 2.05) is 24.3 Å². The van der Waals surface area contributed by atoms with Gasteiger partial charge in [-0.25, -0.2) is 4.39 Å². The molecule has 6 nitrogen and oxygen atoms in total. The Bertz CT molecular complexity index is 972. The third-order valence-corrected chi connectivity index (χ3v) is 4.66. The third-order valence-electron chi connectivity index (χ3n) is 4.66. The zero-order chi connectivity index (χ0) is 18.8. The fourth-order valence-electron chi connectivity index (χ4n) is 3.36. The number of rotatable bonds is 4. The van der Waals surface area contributed by atoms with Gasteiger partial charge in [0.15, 0.2) is 0 Å². The number of aromatic nitrogens is 2. The van der Waals surface area contributed by atoms with Crippen LogP contribution in [0.25, 0.3) is 11.4 Å². The van der Waals surface area contributed by atoms with Crippen LogP contribution in [0.3, 0.4) is 0 Å². The standard InChI is InChI=1S/C20H18FN3O3/c1-26-17-10-3-2-8-15(17)18-22-19(27-23-18)16-9-5-11-24(16)20(25)13-6-4-7-14(21)12-13/h2-4,6-8,10,12,16H,5,9,11H2,1H3/t16-/m1/s1. The quantitative estimate of drug-likeness (QED) is 0.700. The van der Waals surface area contributed by atoms with Gasteiger partial charge in [-0.1, -0.05) is 23.4 Å². The lowest BCUT2D eigenvalue weighted by atomic mass is 10.1. The normalized spacial score (nSPS) is 16.5. The van der Waals surface area contributed by atoms with Crippen molar-refractivity contribution >= 4 is 5.91 Å². The lowest BCUT2D eigenvalue weighted by Crippen LogP contribution is -2.30. The molecule has 0 saturated carbocycles. The number of hydrogen-bond donors (Lipinski definition) is 0. The summed E-state index contributed by atoms with van der Waals surface area (Å²) in [6.45, 7) is 0.562. The highest BCUT2D eigenvalue weighted by Crippen LogP contribution is 2.34. The van der Waals surface area contributed by atoms with Gasteiger partial charge in [-0.3, -0.25) is 4.79 Å². The van der Waals surface area contributed by atoms with E-state index < -0.39 is 5.82 Å². The average Bonchev–Trinajstić information content (AvgIpc) is 3.36. The van der Waals surface area contributed by atoms with Gasteiger partial charge in [0, 0.05) is 12.1 Å². The van der Waals surface area contributed by atoms with Crippen molar-refractivity contribution in [2.24, 2.45) is 0 Å². The SMILES string of the molecule is COc1ccccc1-c1noc([C@H]2CCCN2C(=O)c2cccc(F)c2)n1. The molecule has 0 unspecified atom stereocenters. The number of hydrogen-bond acceptors (Lipinski definition) is 5. The summed E-state index contributed by atoms with van der Waals surface area (Å²) in [5, 5.41) is 4.06. The minimum atomic E-state index is -0.437. The molecule has 0 spiro atoms. The van der Waals surface area contributed by atoms with Gasteiger partial charge in [0.25, 0.3) is 5.91 Å². The van der Waals surface area contributed by atoms with Crippen molar-refractivity contribution in [2.45, 2.75) is 18.9 Å². The first-order chi connectivity index (χ1) is 13.2. The molecule has 27 heavy (non-hydrogen) atoms. The zero-order valence-corrected chi connectivity index (χ0v) is 14.8. The monoisotopic (exact) mass is 367 g/mol. The highest BCUT2D eigenvalue weighted by Gasteiger charge is 2.34. The van der Waals surface area contributed by atoms with E-state index in [-0.39, 0.29) is 11.9 Å². The first kappa shape index (κ1) is 17.2. The number of ether oxygens (including phenoxy) is 1. The van der Waals surface area contributed by atoms with E-state index in [1.54, 1.807) is 18.1 Å². The lowest BCUT2D eigenvalue weighted by Gasteiger charge is -2.21. The molecule has 1 aromatic heterocycles. The van der Waals surface area contributed by atoms with E-state index in [0.29, 0.717) is 36.0 Å². The first-order valence-electron chi connectivity index (χ1n) is 8.71. The molecule has 1 aliphatic rings. The third kappa shape index (κ3) is 3.28. The first-order valence-corrected chi connectivity index (χ1v) is 8.71. The van der Waals surface area contributed by atoms with Crippen LogP contribution >= 0.6 is 0 Å². The number of amides is 1. The van der Waals surface area contributed by atoms with Crippen molar-refractivity contribution < 1.29 is 18.4 Å². The van der Waals surface area contributed by atoms with Crippen molar-refractivity contribution in [1.82, 2.24) is 15.0 Å². The molecule has 1 aliphatic heterocycles. The predicted octanol–water partition coefficient (Wildman–Crippen LogP) is 3.86. The number of methoxy groups -OCH3 is 1. The maximum absolute atomic E-state index is 13.5. The molecule has 0 aliphatic carbocycles. The van der Waals surface area contributed by atoms with E-state index in [0.717, 1.165) is 12.0 Å². The smallest absolute Gasteiger partial charge is 0.254 e. The molecule has 4 rings (SSSR count). The van der Waals surface area contributed by atoms with E-state index >= 15 is 0 Å². The van der Waals surface area contributed by atoms with E-state index in [2.05, 4.69) is 10.1 Å². The van der Waals surface area contributed by atoms with Crippen molar-refractivity contribution in [3.63, 3.8) is 0 Å². The minimum Gasteiger partial charge on any atom is -0.496 e. The Labute approximate surface area is 155 Å². The molecule has 0 bridgehead atoms. The topological polar surface area (TPSA) is 68.5 Å². The van der Waals surface area contributed by atoms with Crippen LogP contribution in [0, 0.1) is 5.82 Å². The van der Waals surface area contributed by atoms with Crippen LogP contribution in [0.2, 0.25) is 0 Å². The Morgan fingerprint density at radius 1 is 1.26 bits per heavy atom. The number of likely N-dealkylation sites (tertiary alicyclic amines) is 1. The summed E-state index contributed by atoms with van der Waals surface area (Å²) in [6, 6.07) is 12.8. The molecule has 1 atom stereocenters. The van der Waals surface area contributed by atoms with Crippen LogP contribution < -0.4 is 4.74 Å². The van der Waals surface area contributed by atoms with Crippen LogP contribution in [0.5, 0.6) is 5.75 Å². The van der Waals surface area contributed by atoms with Gasteiger partial charge in [-0.05, 0) is 43.2 Å². The molecule has 3 aromatic rings. The predicted molar refractivity (Wildman–Crippen MR) is 95.7 cm³/mol. The van der Waals surface area contributed by atoms with Gasteiger partial charge >= 0.3 is 0 Å². The summed E-state index contributed by atoms with van der Waals surface area (Å²) in [4.78, 5) is 19.0. The summed E-state index contributed by atoms with van der Waals surface area (Å²) in [7, 11) is 1.58. The van der Waals surface area contributed by atoms with E-state index in [9.17, 15) is 9.18 Å². The highest BCUT2D eigenvalue weighted by molar-refractivity contribution is 5.94. The molecule has 7 heteroatoms. The number of nitrogens with zero attached hydrogens (tertiary/aromatic N) is 3. The largest absolute Gasteiger partial charge is 0.496 e. The van der Waals surface area contributed by atoms with Crippen LogP contribution in [0.4, 0.5) is 4.39 Å². The van der Waals surface area contributed by atoms with Gasteiger partial charge in [0.1, 0.15) is 17.6 Å². The second-order valence-electron chi connectivity index (χ2n) is 6.32. The molecule has 1 saturated heterocycles. The van der Waals surface area contributed by atoms with Crippen molar-refractivity contribution in [2.75, 3.05) is 13.7 Å². The minimum absolute atomic E-state index is 0.242. The summed E-state index contributed by atoms with van der Waals surface area (Å²) < 4.78 is 24.3. The molecule has 2 aromatic carbocycles. The lowest BCUT2D eigenvalue weighted by molar-refractivity contribution is 0.0709. The van der Waals surface area contributed by atoms with Gasteiger partial charge < -0.3 is 14.2 Å². The highest BCUT2D eigenvalue weighted by atomic mass is 19.1. The van der Waals surface area contributed by atoms with Gasteiger partial charge in [0.2, 0.25) is 11.7 Å².